The van der Waals surface area contributed by atoms with Crippen molar-refractivity contribution < 1.29 is 45.5 Å². The van der Waals surface area contributed by atoms with Gasteiger partial charge in [-0.1, -0.05) is 23.5 Å². The number of amides is 4. The maximum absolute atomic E-state index is 13.1. The van der Waals surface area contributed by atoms with Crippen LogP contribution in [0.1, 0.15) is 31.8 Å². The minimum Gasteiger partial charge on any atom is -0.322 e. The Bertz CT molecular complexity index is 1880. The molecule has 48 heavy (non-hydrogen) atoms. The number of fused-ring (bicyclic) bond motifs is 2. The van der Waals surface area contributed by atoms with Crippen LogP contribution in [0.5, 0.6) is 0 Å². The number of rotatable bonds is 4. The molecule has 244 valence electrons. The van der Waals surface area contributed by atoms with Crippen LogP contribution in [-0.2, 0) is 21.9 Å². The van der Waals surface area contributed by atoms with Gasteiger partial charge in [-0.25, -0.2) is 0 Å². The fourth-order valence-electron chi connectivity index (χ4n) is 4.58. The summed E-state index contributed by atoms with van der Waals surface area (Å²) in [7, 11) is 0. The van der Waals surface area contributed by atoms with E-state index in [9.17, 15) is 45.5 Å². The summed E-state index contributed by atoms with van der Waals surface area (Å²) in [6, 6.07) is 16.7. The van der Waals surface area contributed by atoms with E-state index >= 15 is 0 Å². The molecule has 16 heteroatoms. The highest BCUT2D eigenvalue weighted by Crippen LogP contribution is 2.47. The molecular weight excluding hydrogens is 682 g/mol. The van der Waals surface area contributed by atoms with Gasteiger partial charge in [-0.15, -0.1) is 0 Å². The molecule has 2 aliphatic heterocycles. The van der Waals surface area contributed by atoms with Gasteiger partial charge in [0.15, 0.2) is 0 Å². The van der Waals surface area contributed by atoms with Gasteiger partial charge in [0, 0.05) is 32.3 Å². The Labute approximate surface area is 275 Å². The number of halogens is 6. The van der Waals surface area contributed by atoms with E-state index in [0.717, 1.165) is 72.1 Å². The number of nitrogens with one attached hydrogen (secondary N) is 4. The zero-order valence-corrected chi connectivity index (χ0v) is 25.4. The normalized spacial score (nSPS) is 15.9. The molecule has 0 aromatic heterocycles. The Kier molecular flexibility index (Phi) is 8.47. The molecule has 0 radical (unpaired) electrons. The number of carbonyl (C=O) groups excluding carboxylic acids is 4. The molecule has 0 fully saturated rings. The summed E-state index contributed by atoms with van der Waals surface area (Å²) in [6.45, 7) is 0. The second-order valence-corrected chi connectivity index (χ2v) is 12.4. The minimum atomic E-state index is -4.52. The summed E-state index contributed by atoms with van der Waals surface area (Å²) in [4.78, 5) is 52.9. The van der Waals surface area contributed by atoms with Gasteiger partial charge in [-0.2, -0.15) is 26.3 Å². The van der Waals surface area contributed by atoms with E-state index in [1.807, 2.05) is 0 Å². The van der Waals surface area contributed by atoms with Crippen LogP contribution in [-0.4, -0.2) is 23.6 Å². The van der Waals surface area contributed by atoms with Crippen LogP contribution in [0.15, 0.2) is 105 Å². The van der Waals surface area contributed by atoms with Crippen LogP contribution in [0.4, 0.5) is 49.1 Å². The highest BCUT2D eigenvalue weighted by Gasteiger charge is 2.33. The van der Waals surface area contributed by atoms with Crippen molar-refractivity contribution in [1.29, 1.82) is 0 Å². The van der Waals surface area contributed by atoms with E-state index in [-0.39, 0.29) is 32.3 Å². The molecule has 6 rings (SSSR count). The summed E-state index contributed by atoms with van der Waals surface area (Å²) in [6.07, 6.45) is -9.04. The summed E-state index contributed by atoms with van der Waals surface area (Å²) in [5.41, 5.74) is -0.602. The summed E-state index contributed by atoms with van der Waals surface area (Å²) in [5, 5.41) is 10.3. The Morgan fingerprint density at radius 1 is 0.542 bits per heavy atom. The van der Waals surface area contributed by atoms with Gasteiger partial charge in [-0.05, 0) is 84.9 Å². The van der Waals surface area contributed by atoms with Gasteiger partial charge in [0.1, 0.15) is 0 Å². The quantitative estimate of drug-likeness (QED) is 0.126. The van der Waals surface area contributed by atoms with Crippen molar-refractivity contribution >= 4 is 69.9 Å². The Balaban J connectivity index is 1.15. The number of anilines is 4. The molecule has 0 unspecified atom stereocenters. The molecule has 0 spiro atoms. The van der Waals surface area contributed by atoms with Gasteiger partial charge >= 0.3 is 12.4 Å². The van der Waals surface area contributed by atoms with Crippen molar-refractivity contribution in [2.45, 2.75) is 22.1 Å². The van der Waals surface area contributed by atoms with E-state index in [1.165, 1.54) is 24.3 Å². The smallest absolute Gasteiger partial charge is 0.322 e. The number of thioether (sulfide) groups is 2. The molecular formula is C32H18F6N4O4S2. The molecule has 4 N–H and O–H groups in total. The van der Waals surface area contributed by atoms with E-state index in [0.29, 0.717) is 21.2 Å². The van der Waals surface area contributed by atoms with Crippen LogP contribution >= 0.6 is 23.5 Å². The predicted octanol–water partition coefficient (Wildman–Crippen LogP) is 8.23. The highest BCUT2D eigenvalue weighted by molar-refractivity contribution is 8.08. The first-order chi connectivity index (χ1) is 22.7. The van der Waals surface area contributed by atoms with Gasteiger partial charge in [0.05, 0.1) is 32.3 Å². The number of hydrogen-bond donors (Lipinski definition) is 4. The third kappa shape index (κ3) is 6.89. The fraction of sp³-hybridized carbons (Fsp3) is 0.0625. The largest absolute Gasteiger partial charge is 0.416 e. The second kappa shape index (κ2) is 12.4. The molecule has 0 saturated carbocycles. The number of benzene rings is 4. The van der Waals surface area contributed by atoms with E-state index in [2.05, 4.69) is 21.3 Å². The van der Waals surface area contributed by atoms with Gasteiger partial charge < -0.3 is 21.3 Å². The third-order valence-electron chi connectivity index (χ3n) is 6.96. The molecule has 0 bridgehead atoms. The average Bonchev–Trinajstić information content (AvgIpc) is 3.03. The second-order valence-electron chi connectivity index (χ2n) is 10.3. The first kappa shape index (κ1) is 32.7. The summed E-state index contributed by atoms with van der Waals surface area (Å²) < 4.78 is 76.9. The molecule has 4 amide bonds. The van der Waals surface area contributed by atoms with E-state index in [4.69, 9.17) is 0 Å². The molecule has 0 atom stereocenters. The van der Waals surface area contributed by atoms with Gasteiger partial charge in [0.2, 0.25) is 0 Å². The number of carbonyl (C=O) groups is 4. The third-order valence-corrected chi connectivity index (χ3v) is 9.43. The Morgan fingerprint density at radius 2 is 0.896 bits per heavy atom. The number of alkyl halides is 6. The van der Waals surface area contributed by atoms with Crippen molar-refractivity contribution in [2.75, 3.05) is 21.3 Å². The van der Waals surface area contributed by atoms with Gasteiger partial charge in [0.25, 0.3) is 23.6 Å². The van der Waals surface area contributed by atoms with Crippen molar-refractivity contribution in [2.24, 2.45) is 0 Å². The molecule has 8 nitrogen and oxygen atoms in total. The van der Waals surface area contributed by atoms with Crippen molar-refractivity contribution in [3.05, 3.63) is 117 Å². The maximum Gasteiger partial charge on any atom is 0.416 e. The lowest BCUT2D eigenvalue weighted by atomic mass is 10.1. The summed E-state index contributed by atoms with van der Waals surface area (Å²) >= 11 is 2.01. The van der Waals surface area contributed by atoms with Crippen LogP contribution < -0.4 is 21.3 Å². The molecule has 2 heterocycles. The van der Waals surface area contributed by atoms with Crippen molar-refractivity contribution in [3.8, 4) is 0 Å². The monoisotopic (exact) mass is 700 g/mol. The lowest BCUT2D eigenvalue weighted by molar-refractivity contribution is -0.138. The minimum absolute atomic E-state index is 0.0849. The van der Waals surface area contributed by atoms with Crippen LogP contribution in [0, 0.1) is 0 Å². The fourth-order valence-corrected chi connectivity index (χ4v) is 6.64. The summed E-state index contributed by atoms with van der Waals surface area (Å²) in [5.74, 6) is -2.46. The van der Waals surface area contributed by atoms with Crippen molar-refractivity contribution in [3.63, 3.8) is 0 Å². The van der Waals surface area contributed by atoms with E-state index in [1.54, 1.807) is 12.1 Å². The molecule has 0 aliphatic carbocycles. The zero-order chi connectivity index (χ0) is 34.4. The molecule has 4 aromatic carbocycles. The standard InChI is InChI=1S/C32H18F6N4O4S2/c33-31(34,35)17-3-7-19(8-4-17)39-27(43)15-1-11-23-21(13-15)41-29(45)25(47-23)26-30(46)42-22-14-16(2-12-24(22)48-26)28(44)40-20-9-5-18(6-10-20)32(36,37)38/h1-14H,(H,39,43)(H,40,44)(H,41,45)(H,42,46)/b26-25-. The van der Waals surface area contributed by atoms with Crippen molar-refractivity contribution in [1.82, 2.24) is 0 Å². The first-order valence-corrected chi connectivity index (χ1v) is 15.3. The molecule has 0 saturated heterocycles. The first-order valence-electron chi connectivity index (χ1n) is 13.6. The molecule has 2 aliphatic rings. The lowest BCUT2D eigenvalue weighted by Crippen LogP contribution is -2.25. The maximum atomic E-state index is 13.1. The highest BCUT2D eigenvalue weighted by atomic mass is 32.2. The average molecular weight is 701 g/mol. The van der Waals surface area contributed by atoms with Crippen LogP contribution in [0.2, 0.25) is 0 Å². The zero-order valence-electron chi connectivity index (χ0n) is 23.8. The lowest BCUT2D eigenvalue weighted by Gasteiger charge is -2.24. The predicted molar refractivity (Wildman–Crippen MR) is 168 cm³/mol. The van der Waals surface area contributed by atoms with Crippen LogP contribution in [0.25, 0.3) is 0 Å². The van der Waals surface area contributed by atoms with E-state index < -0.39 is 47.1 Å². The topological polar surface area (TPSA) is 116 Å². The number of hydrogen-bond acceptors (Lipinski definition) is 6. The van der Waals surface area contributed by atoms with Crippen LogP contribution in [0.3, 0.4) is 0 Å². The Hall–Kier alpha value is -5.22. The van der Waals surface area contributed by atoms with Gasteiger partial charge in [-0.3, -0.25) is 19.2 Å². The molecule has 4 aromatic rings. The SMILES string of the molecule is O=C1Nc2cc(C(=O)Nc3ccc(C(F)(F)F)cc3)ccc2S/C1=C1\Sc2ccc(C(=O)Nc3ccc(C(F)(F)F)cc3)cc2NC1=O. The Morgan fingerprint density at radius 3 is 1.23 bits per heavy atom.